The Balaban J connectivity index is 5.73. The Hall–Kier alpha value is -0.550. The van der Waals surface area contributed by atoms with Crippen LogP contribution in [0.1, 0.15) is 47.0 Å². The highest BCUT2D eigenvalue weighted by molar-refractivity contribution is 7.86. The molecule has 0 aliphatic heterocycles. The zero-order chi connectivity index (χ0) is 23.2. The minimum atomic E-state index is -4.09. The number of hydrogen-bond donors (Lipinski definition) is 0. The molecule has 0 rings (SSSR count). The van der Waals surface area contributed by atoms with Crippen molar-refractivity contribution in [2.45, 2.75) is 59.0 Å². The Morgan fingerprint density at radius 1 is 0.867 bits per heavy atom. The molecule has 2 unspecified atom stereocenters. The van der Waals surface area contributed by atoms with E-state index in [4.69, 9.17) is 44.9 Å². The molecule has 170 valence electrons. The first-order valence-electron chi connectivity index (χ1n) is 9.20. The van der Waals surface area contributed by atoms with Crippen molar-refractivity contribution in [3.63, 3.8) is 0 Å². The van der Waals surface area contributed by atoms with Crippen molar-refractivity contribution in [3.05, 3.63) is 0 Å². The molecule has 0 aromatic rings. The van der Waals surface area contributed by atoms with Crippen molar-refractivity contribution < 1.29 is 27.0 Å². The van der Waals surface area contributed by atoms with E-state index >= 15 is 0 Å². The van der Waals surface area contributed by atoms with Crippen molar-refractivity contribution in [1.82, 2.24) is 4.67 Å². The van der Waals surface area contributed by atoms with Gasteiger partial charge in [0, 0.05) is 23.3 Å². The molecule has 2 atom stereocenters. The molecule has 0 bridgehead atoms. The minimum absolute atomic E-state index is 0.00622. The van der Waals surface area contributed by atoms with Crippen LogP contribution in [0.25, 0.3) is 0 Å². The van der Waals surface area contributed by atoms with Crippen LogP contribution >= 0.6 is 34.1 Å². The lowest BCUT2D eigenvalue weighted by molar-refractivity contribution is 0.212. The van der Waals surface area contributed by atoms with Crippen LogP contribution in [0.3, 0.4) is 0 Å². The molecule has 0 amide bonds. The monoisotopic (exact) mass is 500 g/mol. The Morgan fingerprint density at radius 2 is 1.27 bits per heavy atom. The molecule has 0 radical (unpaired) electrons. The van der Waals surface area contributed by atoms with E-state index in [1.54, 1.807) is 0 Å². The van der Waals surface area contributed by atoms with E-state index in [2.05, 4.69) is 0 Å². The van der Waals surface area contributed by atoms with E-state index in [1.165, 1.54) is 0 Å². The van der Waals surface area contributed by atoms with Crippen LogP contribution in [-0.4, -0.2) is 42.5 Å². The second-order valence-corrected chi connectivity index (χ2v) is 13.5. The summed E-state index contributed by atoms with van der Waals surface area (Å²) in [5.74, 6) is -0.284. The fraction of sp³-hybridized carbons (Fsp3) is 0.812. The van der Waals surface area contributed by atoms with Crippen LogP contribution in [-0.2, 0) is 27.0 Å². The van der Waals surface area contributed by atoms with Gasteiger partial charge in [-0.2, -0.15) is 15.8 Å². The minimum Gasteiger partial charge on any atom is -0.307 e. The second-order valence-electron chi connectivity index (χ2n) is 6.41. The number of rotatable bonds is 16. The maximum atomic E-state index is 13.3. The van der Waals surface area contributed by atoms with Gasteiger partial charge in [-0.3, -0.25) is 18.1 Å². The molecule has 10 nitrogen and oxygen atoms in total. The molecular formula is C16H28ClN4O6P3. The Labute approximate surface area is 184 Å². The molecule has 0 saturated carbocycles. The topological polar surface area (TPSA) is 146 Å². The van der Waals surface area contributed by atoms with Crippen molar-refractivity contribution in [3.8, 4) is 18.2 Å². The largest absolute Gasteiger partial charge is 0.428 e. The lowest BCUT2D eigenvalue weighted by atomic mass is 10.3. The molecule has 0 N–H and O–H groups in total. The van der Waals surface area contributed by atoms with Crippen LogP contribution in [0.5, 0.6) is 0 Å². The van der Waals surface area contributed by atoms with E-state index < -0.39 is 22.8 Å². The van der Waals surface area contributed by atoms with Crippen LogP contribution < -0.4 is 0 Å². The van der Waals surface area contributed by atoms with E-state index in [0.29, 0.717) is 0 Å². The summed E-state index contributed by atoms with van der Waals surface area (Å²) in [6.07, 6.45) is -0.0371. The summed E-state index contributed by atoms with van der Waals surface area (Å²) in [6.45, 7) is 2.98. The number of hydrogen-bond acceptors (Lipinski definition) is 10. The zero-order valence-corrected chi connectivity index (χ0v) is 21.0. The normalized spacial score (nSPS) is 14.8. The summed E-state index contributed by atoms with van der Waals surface area (Å²) in [5.41, 5.74) is 0. The van der Waals surface area contributed by atoms with Gasteiger partial charge in [-0.1, -0.05) is 0 Å². The fourth-order valence-corrected chi connectivity index (χ4v) is 9.84. The van der Waals surface area contributed by atoms with Crippen molar-refractivity contribution in [1.29, 1.82) is 15.8 Å². The Kier molecular flexibility index (Phi) is 15.0. The van der Waals surface area contributed by atoms with Crippen LogP contribution in [0.15, 0.2) is 0 Å². The first kappa shape index (κ1) is 29.5. The molecule has 0 saturated heterocycles. The summed E-state index contributed by atoms with van der Waals surface area (Å²) in [5, 5.41) is 26.1. The SMILES string of the molecule is CC(C)N(C(C)C)P(CP(=O)(OCCC#N)OCCC#N)OP(=O)(Cl)OCCC#N. The lowest BCUT2D eigenvalue weighted by Crippen LogP contribution is -2.33. The third-order valence-corrected chi connectivity index (χ3v) is 11.1. The number of nitrogens with zero attached hydrogens (tertiary/aromatic N) is 4. The fourth-order valence-electron chi connectivity index (χ4n) is 2.32. The van der Waals surface area contributed by atoms with Gasteiger partial charge >= 0.3 is 14.5 Å². The van der Waals surface area contributed by atoms with Gasteiger partial charge in [0.1, 0.15) is 14.2 Å². The van der Waals surface area contributed by atoms with Gasteiger partial charge < -0.3 is 9.05 Å². The first-order valence-corrected chi connectivity index (χ1v) is 14.8. The number of nitriles is 3. The van der Waals surface area contributed by atoms with Gasteiger partial charge in [-0.05, 0) is 27.7 Å². The van der Waals surface area contributed by atoms with Crippen LogP contribution in [0.4, 0.5) is 0 Å². The molecular weight excluding hydrogens is 473 g/mol. The predicted octanol–water partition coefficient (Wildman–Crippen LogP) is 5.72. The van der Waals surface area contributed by atoms with Crippen molar-refractivity contribution >= 4 is 34.1 Å². The smallest absolute Gasteiger partial charge is 0.307 e. The summed E-state index contributed by atoms with van der Waals surface area (Å²) in [6, 6.07) is 5.42. The van der Waals surface area contributed by atoms with Gasteiger partial charge in [0.25, 0.3) is 0 Å². The highest BCUT2D eigenvalue weighted by atomic mass is 35.7. The molecule has 14 heteroatoms. The van der Waals surface area contributed by atoms with Gasteiger partial charge in [0.05, 0.1) is 57.3 Å². The summed E-state index contributed by atoms with van der Waals surface area (Å²) < 4.78 is 49.1. The molecule has 0 aromatic carbocycles. The standard InChI is InChI=1S/C16H28ClN4O6P3/c1-15(2)21(16(3)4)28(27-30(17,23)26-13-7-10-20)14-29(22,24-11-5-8-18)25-12-6-9-19/h15-16H,5-7,11-14H2,1-4H3. The summed E-state index contributed by atoms with van der Waals surface area (Å²) >= 11 is 5.94. The van der Waals surface area contributed by atoms with E-state index in [1.807, 2.05) is 50.6 Å². The third kappa shape index (κ3) is 12.3. The van der Waals surface area contributed by atoms with E-state index in [0.717, 1.165) is 0 Å². The van der Waals surface area contributed by atoms with Crippen LogP contribution in [0.2, 0.25) is 0 Å². The van der Waals surface area contributed by atoms with Gasteiger partial charge in [-0.25, -0.2) is 4.57 Å². The predicted molar refractivity (Wildman–Crippen MR) is 115 cm³/mol. The molecule has 0 heterocycles. The Bertz CT molecular complexity index is 702. The molecule has 0 aliphatic rings. The third-order valence-electron chi connectivity index (χ3n) is 3.26. The van der Waals surface area contributed by atoms with E-state index in [9.17, 15) is 9.13 Å². The average Bonchev–Trinajstić information content (AvgIpc) is 2.61. The Morgan fingerprint density at radius 3 is 1.63 bits per heavy atom. The highest BCUT2D eigenvalue weighted by Crippen LogP contribution is 2.70. The van der Waals surface area contributed by atoms with Crippen molar-refractivity contribution in [2.75, 3.05) is 25.7 Å². The molecule has 0 aromatic heterocycles. The summed E-state index contributed by atoms with van der Waals surface area (Å²) in [7, 11) is -5.70. The van der Waals surface area contributed by atoms with E-state index in [-0.39, 0.29) is 57.1 Å². The maximum Gasteiger partial charge on any atom is 0.428 e. The zero-order valence-electron chi connectivity index (χ0n) is 17.6. The van der Waals surface area contributed by atoms with Crippen molar-refractivity contribution in [2.24, 2.45) is 0 Å². The van der Waals surface area contributed by atoms with Gasteiger partial charge in [0.15, 0.2) is 0 Å². The summed E-state index contributed by atoms with van der Waals surface area (Å²) in [4.78, 5) is 0. The molecule has 0 fully saturated rings. The highest BCUT2D eigenvalue weighted by Gasteiger charge is 2.40. The quantitative estimate of drug-likeness (QED) is 0.190. The molecule has 0 spiro atoms. The second kappa shape index (κ2) is 15.3. The molecule has 30 heavy (non-hydrogen) atoms. The first-order chi connectivity index (χ1) is 14.0. The number of halogens is 1. The lowest BCUT2D eigenvalue weighted by Gasteiger charge is -2.38. The maximum absolute atomic E-state index is 13.3. The van der Waals surface area contributed by atoms with Gasteiger partial charge in [-0.15, -0.1) is 0 Å². The average molecular weight is 501 g/mol. The molecule has 0 aliphatic carbocycles. The van der Waals surface area contributed by atoms with Crippen LogP contribution in [0, 0.1) is 34.0 Å². The van der Waals surface area contributed by atoms with Gasteiger partial charge in [0.2, 0.25) is 0 Å².